The molecule has 2 aromatic heterocycles. The Morgan fingerprint density at radius 3 is 2.72 bits per heavy atom. The first-order valence-corrected chi connectivity index (χ1v) is 8.32. The van der Waals surface area contributed by atoms with Gasteiger partial charge in [-0.3, -0.25) is 0 Å². The molecule has 0 N–H and O–H groups in total. The van der Waals surface area contributed by atoms with Gasteiger partial charge in [0.1, 0.15) is 24.1 Å². The molecule has 0 fully saturated rings. The number of hydrogen-bond acceptors (Lipinski definition) is 4. The molecule has 124 valence electrons. The van der Waals surface area contributed by atoms with Crippen molar-refractivity contribution in [3.8, 4) is 11.6 Å². The van der Waals surface area contributed by atoms with Gasteiger partial charge in [0.25, 0.3) is 0 Å². The lowest BCUT2D eigenvalue weighted by Gasteiger charge is -2.07. The van der Waals surface area contributed by atoms with Crippen LogP contribution < -0.4 is 4.74 Å². The molecule has 0 aliphatic rings. The number of benzene rings is 2. The van der Waals surface area contributed by atoms with Crippen LogP contribution in [-0.2, 0) is 6.61 Å². The molecule has 4 rings (SSSR count). The molecule has 0 saturated heterocycles. The maximum atomic E-state index is 13.3. The van der Waals surface area contributed by atoms with Crippen molar-refractivity contribution in [1.82, 2.24) is 19.7 Å². The van der Waals surface area contributed by atoms with Gasteiger partial charge in [-0.1, -0.05) is 30.3 Å². The van der Waals surface area contributed by atoms with Crippen LogP contribution in [0.1, 0.15) is 5.56 Å². The van der Waals surface area contributed by atoms with Crippen LogP contribution >= 0.6 is 15.9 Å². The Labute approximate surface area is 151 Å². The molecule has 0 spiro atoms. The van der Waals surface area contributed by atoms with Gasteiger partial charge in [0.05, 0.1) is 11.9 Å². The summed E-state index contributed by atoms with van der Waals surface area (Å²) in [5.74, 6) is 0.131. The van der Waals surface area contributed by atoms with Gasteiger partial charge in [0.2, 0.25) is 5.88 Å². The van der Waals surface area contributed by atoms with Gasteiger partial charge < -0.3 is 4.74 Å². The highest BCUT2D eigenvalue weighted by atomic mass is 79.9. The smallest absolute Gasteiger partial charge is 0.228 e. The molecule has 5 nitrogen and oxygen atoms in total. The molecule has 0 aliphatic heterocycles. The maximum absolute atomic E-state index is 13.3. The Hall–Kier alpha value is -2.80. The molecular formula is C18H12BrFN4O. The molecule has 25 heavy (non-hydrogen) atoms. The van der Waals surface area contributed by atoms with Crippen molar-refractivity contribution >= 4 is 27.0 Å². The second kappa shape index (κ2) is 6.60. The second-order valence-corrected chi connectivity index (χ2v) is 6.20. The summed E-state index contributed by atoms with van der Waals surface area (Å²) in [5, 5.41) is 5.04. The zero-order chi connectivity index (χ0) is 17.2. The largest absolute Gasteiger partial charge is 0.472 e. The third kappa shape index (κ3) is 3.10. The van der Waals surface area contributed by atoms with Gasteiger partial charge in [0, 0.05) is 4.47 Å². The Balaban J connectivity index is 1.70. The van der Waals surface area contributed by atoms with E-state index in [9.17, 15) is 4.39 Å². The van der Waals surface area contributed by atoms with Crippen LogP contribution in [0.25, 0.3) is 16.7 Å². The van der Waals surface area contributed by atoms with Crippen molar-refractivity contribution < 1.29 is 9.13 Å². The highest BCUT2D eigenvalue weighted by Gasteiger charge is 2.14. The number of fused-ring (bicyclic) bond motifs is 1. The molecule has 4 aromatic rings. The Morgan fingerprint density at radius 1 is 1.08 bits per heavy atom. The van der Waals surface area contributed by atoms with E-state index >= 15 is 0 Å². The van der Waals surface area contributed by atoms with E-state index in [1.807, 2.05) is 30.3 Å². The first-order chi connectivity index (χ1) is 12.2. The fourth-order valence-electron chi connectivity index (χ4n) is 2.49. The minimum absolute atomic E-state index is 0.325. The molecule has 0 bridgehead atoms. The lowest BCUT2D eigenvalue weighted by Crippen LogP contribution is -2.01. The van der Waals surface area contributed by atoms with Crippen LogP contribution in [0.15, 0.2) is 65.5 Å². The van der Waals surface area contributed by atoms with Crippen LogP contribution in [0.2, 0.25) is 0 Å². The van der Waals surface area contributed by atoms with Crippen molar-refractivity contribution in [2.75, 3.05) is 0 Å². The maximum Gasteiger partial charge on any atom is 0.228 e. The molecule has 0 atom stereocenters. The summed E-state index contributed by atoms with van der Waals surface area (Å²) in [6, 6.07) is 14.2. The summed E-state index contributed by atoms with van der Waals surface area (Å²) in [4.78, 5) is 8.50. The molecule has 7 heteroatoms. The van der Waals surface area contributed by atoms with Gasteiger partial charge in [-0.2, -0.15) is 5.10 Å². The summed E-state index contributed by atoms with van der Waals surface area (Å²) in [6.45, 7) is 0.401. The summed E-state index contributed by atoms with van der Waals surface area (Å²) in [7, 11) is 0. The van der Waals surface area contributed by atoms with Crippen molar-refractivity contribution in [1.29, 1.82) is 0 Å². The quantitative estimate of drug-likeness (QED) is 0.514. The number of ether oxygens (including phenoxy) is 1. The predicted molar refractivity (Wildman–Crippen MR) is 95.1 cm³/mol. The van der Waals surface area contributed by atoms with Crippen molar-refractivity contribution in [2.45, 2.75) is 6.61 Å². The molecule has 0 saturated carbocycles. The van der Waals surface area contributed by atoms with E-state index in [4.69, 9.17) is 4.74 Å². The summed E-state index contributed by atoms with van der Waals surface area (Å²) < 4.78 is 21.4. The Bertz CT molecular complexity index is 1040. The monoisotopic (exact) mass is 398 g/mol. The summed E-state index contributed by atoms with van der Waals surface area (Å²) in [5.41, 5.74) is 2.32. The zero-order valence-electron chi connectivity index (χ0n) is 12.9. The fraction of sp³-hybridized carbons (Fsp3) is 0.0556. The minimum atomic E-state index is -0.325. The highest BCUT2D eigenvalue weighted by Crippen LogP contribution is 2.27. The molecule has 0 aliphatic carbocycles. The van der Waals surface area contributed by atoms with E-state index in [2.05, 4.69) is 31.0 Å². The van der Waals surface area contributed by atoms with Gasteiger partial charge in [-0.15, -0.1) is 0 Å². The van der Waals surface area contributed by atoms with E-state index in [1.165, 1.54) is 18.5 Å². The fourth-order valence-corrected chi connectivity index (χ4v) is 3.01. The van der Waals surface area contributed by atoms with Crippen LogP contribution in [0.5, 0.6) is 5.88 Å². The van der Waals surface area contributed by atoms with Gasteiger partial charge in [-0.05, 0) is 39.7 Å². The second-order valence-electron chi connectivity index (χ2n) is 5.34. The molecule has 0 radical (unpaired) electrons. The summed E-state index contributed by atoms with van der Waals surface area (Å²) in [6.07, 6.45) is 3.07. The minimum Gasteiger partial charge on any atom is -0.472 e. The normalized spacial score (nSPS) is 11.0. The van der Waals surface area contributed by atoms with Crippen molar-refractivity contribution in [3.63, 3.8) is 0 Å². The number of halogens is 2. The number of nitrogens with zero attached hydrogens (tertiary/aromatic N) is 4. The first-order valence-electron chi connectivity index (χ1n) is 7.53. The average Bonchev–Trinajstić information content (AvgIpc) is 3.05. The predicted octanol–water partition coefficient (Wildman–Crippen LogP) is 4.30. The average molecular weight is 399 g/mol. The molecule has 2 heterocycles. The standard InChI is InChI=1S/C18H12BrFN4O/c19-15-8-13(20)6-7-16(15)24-17-14(9-23-24)18(22-11-21-17)25-10-12-4-2-1-3-5-12/h1-9,11H,10H2. The number of hydrogen-bond donors (Lipinski definition) is 0. The van der Waals surface area contributed by atoms with E-state index in [-0.39, 0.29) is 5.82 Å². The lowest BCUT2D eigenvalue weighted by molar-refractivity contribution is 0.297. The van der Waals surface area contributed by atoms with Gasteiger partial charge in [-0.25, -0.2) is 19.0 Å². The highest BCUT2D eigenvalue weighted by molar-refractivity contribution is 9.10. The summed E-state index contributed by atoms with van der Waals surface area (Å²) >= 11 is 3.36. The molecular weight excluding hydrogens is 387 g/mol. The first kappa shape index (κ1) is 15.7. The number of rotatable bonds is 4. The van der Waals surface area contributed by atoms with Crippen molar-refractivity contribution in [2.24, 2.45) is 0 Å². The molecule has 0 amide bonds. The van der Waals surface area contributed by atoms with Gasteiger partial charge in [0.15, 0.2) is 5.65 Å². The van der Waals surface area contributed by atoms with E-state index in [0.29, 0.717) is 33.7 Å². The Morgan fingerprint density at radius 2 is 1.92 bits per heavy atom. The molecule has 2 aromatic carbocycles. The molecule has 0 unspecified atom stereocenters. The van der Waals surface area contributed by atoms with Crippen LogP contribution in [-0.4, -0.2) is 19.7 Å². The van der Waals surface area contributed by atoms with Crippen LogP contribution in [0.4, 0.5) is 4.39 Å². The third-order valence-corrected chi connectivity index (χ3v) is 4.32. The van der Waals surface area contributed by atoms with Crippen LogP contribution in [0.3, 0.4) is 0 Å². The number of aromatic nitrogens is 4. The Kier molecular flexibility index (Phi) is 4.15. The topological polar surface area (TPSA) is 52.8 Å². The van der Waals surface area contributed by atoms with Crippen molar-refractivity contribution in [3.05, 3.63) is 76.9 Å². The van der Waals surface area contributed by atoms with E-state index in [1.54, 1.807) is 16.9 Å². The zero-order valence-corrected chi connectivity index (χ0v) is 14.5. The van der Waals surface area contributed by atoms with Gasteiger partial charge >= 0.3 is 0 Å². The van der Waals surface area contributed by atoms with E-state index in [0.717, 1.165) is 5.56 Å². The van der Waals surface area contributed by atoms with Crippen LogP contribution in [0, 0.1) is 5.82 Å². The lowest BCUT2D eigenvalue weighted by atomic mass is 10.2. The van der Waals surface area contributed by atoms with E-state index < -0.39 is 0 Å². The third-order valence-electron chi connectivity index (χ3n) is 3.69. The SMILES string of the molecule is Fc1ccc(-n2ncc3c(OCc4ccccc4)ncnc32)c(Br)c1.